The normalized spacial score (nSPS) is 13.1. The summed E-state index contributed by atoms with van der Waals surface area (Å²) in [6.07, 6.45) is 0. The van der Waals surface area contributed by atoms with Gasteiger partial charge in [-0.3, -0.25) is 0 Å². The molecule has 0 radical (unpaired) electrons. The summed E-state index contributed by atoms with van der Waals surface area (Å²) in [5.74, 6) is 1.86. The first-order valence-corrected chi connectivity index (χ1v) is 18.4. The van der Waals surface area contributed by atoms with Crippen molar-refractivity contribution in [3.05, 3.63) is 175 Å². The Balaban J connectivity index is 1.13. The highest BCUT2D eigenvalue weighted by molar-refractivity contribution is 6.23. The number of hydrogen-bond acceptors (Lipinski definition) is 4. The molecule has 0 spiro atoms. The van der Waals surface area contributed by atoms with Crippen molar-refractivity contribution in [3.8, 4) is 56.4 Å². The topological polar surface area (TPSA) is 51.8 Å². The molecule has 0 unspecified atom stereocenters. The van der Waals surface area contributed by atoms with Gasteiger partial charge >= 0.3 is 0 Å². The summed E-state index contributed by atoms with van der Waals surface area (Å²) in [6.45, 7) is 4.65. The Kier molecular flexibility index (Phi) is 6.56. The van der Waals surface area contributed by atoms with E-state index in [2.05, 4.69) is 147 Å². The lowest BCUT2D eigenvalue weighted by Crippen LogP contribution is -2.14. The minimum atomic E-state index is -0.0936. The van der Waals surface area contributed by atoms with Crippen molar-refractivity contribution in [2.75, 3.05) is 0 Å². The molecule has 0 amide bonds. The van der Waals surface area contributed by atoms with Gasteiger partial charge in [0.05, 0.1) is 0 Å². The van der Waals surface area contributed by atoms with E-state index in [0.717, 1.165) is 65.9 Å². The molecule has 0 aliphatic heterocycles. The van der Waals surface area contributed by atoms with Crippen LogP contribution in [-0.2, 0) is 5.41 Å². The number of fused-ring (bicyclic) bond motifs is 9. The lowest BCUT2D eigenvalue weighted by molar-refractivity contribution is 0.660. The molecule has 254 valence electrons. The first kappa shape index (κ1) is 30.7. The Morgan fingerprint density at radius 2 is 1.06 bits per heavy atom. The summed E-state index contributed by atoms with van der Waals surface area (Å²) in [6, 6.07) is 57.7. The Morgan fingerprint density at radius 1 is 0.407 bits per heavy atom. The maximum Gasteiger partial charge on any atom is 0.164 e. The van der Waals surface area contributed by atoms with E-state index in [1.165, 1.54) is 27.6 Å². The fourth-order valence-corrected chi connectivity index (χ4v) is 8.62. The molecular formula is C50H33N3O. The van der Waals surface area contributed by atoms with Gasteiger partial charge < -0.3 is 4.42 Å². The molecule has 54 heavy (non-hydrogen) atoms. The van der Waals surface area contributed by atoms with Crippen LogP contribution >= 0.6 is 0 Å². The van der Waals surface area contributed by atoms with Crippen LogP contribution in [0.3, 0.4) is 0 Å². The summed E-state index contributed by atoms with van der Waals surface area (Å²) < 4.78 is 6.95. The molecule has 0 saturated heterocycles. The third-order valence-corrected chi connectivity index (χ3v) is 11.3. The molecule has 0 atom stereocenters. The van der Waals surface area contributed by atoms with Crippen LogP contribution in [0.4, 0.5) is 0 Å². The Hall–Kier alpha value is -6.91. The Morgan fingerprint density at radius 3 is 1.93 bits per heavy atom. The van der Waals surface area contributed by atoms with E-state index in [9.17, 15) is 0 Å². The van der Waals surface area contributed by atoms with Crippen LogP contribution < -0.4 is 0 Å². The van der Waals surface area contributed by atoms with Gasteiger partial charge in [-0.15, -0.1) is 0 Å². The molecular weight excluding hydrogens is 659 g/mol. The summed E-state index contributed by atoms with van der Waals surface area (Å²) in [5, 5.41) is 6.65. The highest BCUT2D eigenvalue weighted by Crippen LogP contribution is 2.50. The minimum absolute atomic E-state index is 0.0936. The van der Waals surface area contributed by atoms with E-state index in [4.69, 9.17) is 19.4 Å². The van der Waals surface area contributed by atoms with E-state index in [-0.39, 0.29) is 5.41 Å². The molecule has 11 rings (SSSR count). The Bertz CT molecular complexity index is 3140. The van der Waals surface area contributed by atoms with Crippen molar-refractivity contribution in [2.45, 2.75) is 19.3 Å². The molecule has 1 aliphatic rings. The van der Waals surface area contributed by atoms with Gasteiger partial charge in [0, 0.05) is 38.4 Å². The van der Waals surface area contributed by atoms with E-state index in [1.54, 1.807) is 0 Å². The van der Waals surface area contributed by atoms with Crippen LogP contribution in [0.15, 0.2) is 168 Å². The average molecular weight is 692 g/mol. The molecule has 2 aromatic heterocycles. The van der Waals surface area contributed by atoms with Gasteiger partial charge in [0.15, 0.2) is 17.5 Å². The lowest BCUT2D eigenvalue weighted by atomic mass is 9.81. The van der Waals surface area contributed by atoms with Gasteiger partial charge in [-0.2, -0.15) is 0 Å². The van der Waals surface area contributed by atoms with Crippen molar-refractivity contribution >= 4 is 43.5 Å². The molecule has 4 heteroatoms. The van der Waals surface area contributed by atoms with Crippen molar-refractivity contribution in [1.29, 1.82) is 0 Å². The highest BCUT2D eigenvalue weighted by atomic mass is 16.3. The number of aromatic nitrogens is 3. The largest absolute Gasteiger partial charge is 0.455 e. The van der Waals surface area contributed by atoms with Gasteiger partial charge in [-0.05, 0) is 67.6 Å². The second-order valence-corrected chi connectivity index (χ2v) is 14.8. The van der Waals surface area contributed by atoms with Gasteiger partial charge in [0.2, 0.25) is 0 Å². The van der Waals surface area contributed by atoms with Crippen molar-refractivity contribution in [3.63, 3.8) is 0 Å². The predicted octanol–water partition coefficient (Wildman–Crippen LogP) is 13.1. The van der Waals surface area contributed by atoms with Gasteiger partial charge in [0.1, 0.15) is 11.2 Å². The number of para-hydroxylation sites is 1. The molecule has 0 fully saturated rings. The van der Waals surface area contributed by atoms with Crippen LogP contribution in [0.1, 0.15) is 25.0 Å². The smallest absolute Gasteiger partial charge is 0.164 e. The zero-order valence-corrected chi connectivity index (χ0v) is 29.8. The van der Waals surface area contributed by atoms with Gasteiger partial charge in [0.25, 0.3) is 0 Å². The van der Waals surface area contributed by atoms with Crippen molar-refractivity contribution in [1.82, 2.24) is 15.0 Å². The maximum absolute atomic E-state index is 6.95. The Labute approximate surface area is 312 Å². The van der Waals surface area contributed by atoms with Crippen molar-refractivity contribution < 1.29 is 4.42 Å². The zero-order valence-electron chi connectivity index (χ0n) is 29.8. The van der Waals surface area contributed by atoms with E-state index in [1.807, 2.05) is 30.3 Å². The maximum atomic E-state index is 6.95. The number of rotatable bonds is 4. The number of benzene rings is 8. The van der Waals surface area contributed by atoms with E-state index >= 15 is 0 Å². The first-order chi connectivity index (χ1) is 26.5. The van der Waals surface area contributed by atoms with E-state index < -0.39 is 0 Å². The van der Waals surface area contributed by atoms with Crippen molar-refractivity contribution in [2.24, 2.45) is 0 Å². The van der Waals surface area contributed by atoms with Crippen LogP contribution in [0, 0.1) is 0 Å². The predicted molar refractivity (Wildman–Crippen MR) is 221 cm³/mol. The van der Waals surface area contributed by atoms with Gasteiger partial charge in [-0.25, -0.2) is 15.0 Å². The standard InChI is InChI=1S/C50H33N3O/c1-50(2)42-22-11-10-18-37(42)38-26-25-33(28-43(38)50)35-20-12-21-40-45-39-19-9-8-17-36(39)41(29-44(45)54-46(35)40)49-52-47(31-14-4-3-5-15-31)51-48(53-49)34-24-23-30-13-6-7-16-32(30)27-34/h3-29H,1-2H3. The average Bonchev–Trinajstić information content (AvgIpc) is 3.72. The summed E-state index contributed by atoms with van der Waals surface area (Å²) >= 11 is 0. The molecule has 10 aromatic rings. The number of nitrogens with zero attached hydrogens (tertiary/aromatic N) is 3. The third kappa shape index (κ3) is 4.60. The van der Waals surface area contributed by atoms with E-state index in [0.29, 0.717) is 17.5 Å². The molecule has 2 heterocycles. The quantitative estimate of drug-likeness (QED) is 0.184. The summed E-state index contributed by atoms with van der Waals surface area (Å²) in [5.41, 5.74) is 11.9. The van der Waals surface area contributed by atoms with Crippen LogP contribution in [0.25, 0.3) is 99.9 Å². The summed E-state index contributed by atoms with van der Waals surface area (Å²) in [4.78, 5) is 15.4. The highest BCUT2D eigenvalue weighted by Gasteiger charge is 2.35. The number of furan rings is 1. The molecule has 0 saturated carbocycles. The molecule has 4 nitrogen and oxygen atoms in total. The zero-order chi connectivity index (χ0) is 36.0. The van der Waals surface area contributed by atoms with Crippen LogP contribution in [-0.4, -0.2) is 15.0 Å². The second-order valence-electron chi connectivity index (χ2n) is 14.8. The fourth-order valence-electron chi connectivity index (χ4n) is 8.62. The van der Waals surface area contributed by atoms with Crippen LogP contribution in [0.5, 0.6) is 0 Å². The molecule has 1 aliphatic carbocycles. The SMILES string of the molecule is CC1(C)c2ccccc2-c2ccc(-c3cccc4c3oc3cc(-c5nc(-c6ccccc6)nc(-c6ccc7ccccc7c6)n5)c5ccccc5c34)cc21. The monoisotopic (exact) mass is 691 g/mol. The molecule has 8 aromatic carbocycles. The first-order valence-electron chi connectivity index (χ1n) is 18.4. The third-order valence-electron chi connectivity index (χ3n) is 11.3. The summed E-state index contributed by atoms with van der Waals surface area (Å²) in [7, 11) is 0. The number of hydrogen-bond donors (Lipinski definition) is 0. The van der Waals surface area contributed by atoms with Gasteiger partial charge in [-0.1, -0.05) is 159 Å². The molecule has 0 N–H and O–H groups in total. The lowest BCUT2D eigenvalue weighted by Gasteiger charge is -2.22. The minimum Gasteiger partial charge on any atom is -0.455 e. The second kappa shape index (κ2) is 11.5. The van der Waals surface area contributed by atoms with Crippen LogP contribution in [0.2, 0.25) is 0 Å². The fraction of sp³-hybridized carbons (Fsp3) is 0.0600. The molecule has 0 bridgehead atoms.